The minimum atomic E-state index is -0.0498. The van der Waals surface area contributed by atoms with E-state index < -0.39 is 0 Å². The lowest BCUT2D eigenvalue weighted by Gasteiger charge is -2.11. The highest BCUT2D eigenvalue weighted by Gasteiger charge is 2.17. The smallest absolute Gasteiger partial charge is 0.180 e. The fourth-order valence-corrected chi connectivity index (χ4v) is 0.910. The van der Waals surface area contributed by atoms with Gasteiger partial charge < -0.3 is 0 Å². The van der Waals surface area contributed by atoms with Crippen molar-refractivity contribution < 1.29 is 4.79 Å². The molecule has 0 saturated heterocycles. The number of allylic oxidation sites excluding steroid dienone is 1. The number of ketones is 1. The van der Waals surface area contributed by atoms with Gasteiger partial charge >= 0.3 is 0 Å². The van der Waals surface area contributed by atoms with E-state index in [1.807, 2.05) is 0 Å². The van der Waals surface area contributed by atoms with Gasteiger partial charge in [0, 0.05) is 6.42 Å². The third kappa shape index (κ3) is 1.07. The summed E-state index contributed by atoms with van der Waals surface area (Å²) < 4.78 is 0. The summed E-state index contributed by atoms with van der Waals surface area (Å²) in [5.41, 5.74) is 0.840. The second kappa shape index (κ2) is 2.13. The van der Waals surface area contributed by atoms with Crippen molar-refractivity contribution in [2.45, 2.75) is 19.3 Å². The predicted molar refractivity (Wildman–Crippen MR) is 35.7 cm³/mol. The average molecular weight is 123 g/mol. The molecule has 0 aromatic carbocycles. The Bertz CT molecular complexity index is 163. The highest BCUT2D eigenvalue weighted by molar-refractivity contribution is 6.45. The van der Waals surface area contributed by atoms with Crippen LogP contribution in [-0.4, -0.2) is 11.5 Å². The van der Waals surface area contributed by atoms with Crippen LogP contribution in [0.2, 0.25) is 0 Å². The van der Waals surface area contributed by atoms with Gasteiger partial charge in [-0.05, 0) is 18.4 Å². The Morgan fingerprint density at radius 1 is 1.44 bits per heavy atom. The average Bonchev–Trinajstić information content (AvgIpc) is 1.83. The third-order valence-corrected chi connectivity index (χ3v) is 1.51. The minimum Gasteiger partial charge on any atom is -0.297 e. The van der Waals surface area contributed by atoms with Crippen LogP contribution < -0.4 is 0 Å². The summed E-state index contributed by atoms with van der Waals surface area (Å²) in [5.74, 6) is -0.0498. The van der Waals surface area contributed by atoms with Crippen molar-refractivity contribution in [1.29, 1.82) is 5.41 Å². The molecule has 0 aliphatic heterocycles. The summed E-state index contributed by atoms with van der Waals surface area (Å²) in [5, 5.41) is 7.15. The maximum absolute atomic E-state index is 10.7. The molecular weight excluding hydrogens is 114 g/mol. The maximum Gasteiger partial charge on any atom is 0.180 e. The fraction of sp³-hybridized carbons (Fsp3) is 0.429. The molecule has 1 aliphatic carbocycles. The van der Waals surface area contributed by atoms with Crippen molar-refractivity contribution in [1.82, 2.24) is 0 Å². The second-order valence-corrected chi connectivity index (χ2v) is 2.26. The molecule has 0 aromatic heterocycles. The molecule has 1 aliphatic rings. The topological polar surface area (TPSA) is 40.9 Å². The number of hydrogen-bond acceptors (Lipinski definition) is 2. The Hall–Kier alpha value is -0.920. The van der Waals surface area contributed by atoms with E-state index in [4.69, 9.17) is 5.41 Å². The van der Waals surface area contributed by atoms with Crippen LogP contribution in [0.15, 0.2) is 12.2 Å². The van der Waals surface area contributed by atoms with Crippen LogP contribution in [-0.2, 0) is 4.79 Å². The van der Waals surface area contributed by atoms with Crippen molar-refractivity contribution >= 4 is 11.5 Å². The number of Topliss-reactive ketones (excluding diaryl/α,β-unsaturated/α-hetero) is 1. The van der Waals surface area contributed by atoms with Gasteiger partial charge in [-0.25, -0.2) is 0 Å². The molecular formula is C7H9NO. The number of hydrogen-bond donors (Lipinski definition) is 1. The Morgan fingerprint density at radius 3 is 2.56 bits per heavy atom. The summed E-state index contributed by atoms with van der Waals surface area (Å²) in [7, 11) is 0. The number of carbonyl (C=O) groups is 1. The van der Waals surface area contributed by atoms with Gasteiger partial charge in [0.1, 0.15) is 0 Å². The molecule has 0 amide bonds. The van der Waals surface area contributed by atoms with E-state index in [1.165, 1.54) is 0 Å². The van der Waals surface area contributed by atoms with Crippen molar-refractivity contribution in [2.75, 3.05) is 0 Å². The van der Waals surface area contributed by atoms with Crippen LogP contribution in [0.1, 0.15) is 19.3 Å². The molecule has 9 heavy (non-hydrogen) atoms. The summed E-state index contributed by atoms with van der Waals surface area (Å²) in [6.07, 6.45) is 2.24. The van der Waals surface area contributed by atoms with Crippen molar-refractivity contribution in [2.24, 2.45) is 0 Å². The summed E-state index contributed by atoms with van der Waals surface area (Å²) in [6.45, 7) is 3.60. The first kappa shape index (κ1) is 6.20. The van der Waals surface area contributed by atoms with Crippen LogP contribution in [0.4, 0.5) is 0 Å². The molecule has 0 spiro atoms. The molecule has 1 N–H and O–H groups in total. The molecule has 0 atom stereocenters. The van der Waals surface area contributed by atoms with Crippen LogP contribution in [0.5, 0.6) is 0 Å². The van der Waals surface area contributed by atoms with E-state index in [1.54, 1.807) is 0 Å². The molecule has 1 saturated carbocycles. The SMILES string of the molecule is C=C1CCCC(=O)C1=N. The molecule has 0 aromatic rings. The quantitative estimate of drug-likeness (QED) is 0.518. The first-order valence-corrected chi connectivity index (χ1v) is 3.01. The van der Waals surface area contributed by atoms with Crippen LogP contribution in [0.25, 0.3) is 0 Å². The molecule has 0 unspecified atom stereocenters. The lowest BCUT2D eigenvalue weighted by molar-refractivity contribution is -0.113. The van der Waals surface area contributed by atoms with E-state index in [9.17, 15) is 4.79 Å². The zero-order chi connectivity index (χ0) is 6.85. The summed E-state index contributed by atoms with van der Waals surface area (Å²) in [4.78, 5) is 10.7. The van der Waals surface area contributed by atoms with Gasteiger partial charge in [-0.3, -0.25) is 10.2 Å². The zero-order valence-corrected chi connectivity index (χ0v) is 5.24. The van der Waals surface area contributed by atoms with E-state index in [0.29, 0.717) is 12.0 Å². The maximum atomic E-state index is 10.7. The van der Waals surface area contributed by atoms with E-state index in [0.717, 1.165) is 12.8 Å². The summed E-state index contributed by atoms with van der Waals surface area (Å²) >= 11 is 0. The van der Waals surface area contributed by atoms with Gasteiger partial charge in [-0.2, -0.15) is 0 Å². The Kier molecular flexibility index (Phi) is 1.47. The standard InChI is InChI=1S/C7H9NO/c1-5-3-2-4-6(9)7(5)8/h8H,1-4H2. The van der Waals surface area contributed by atoms with Gasteiger partial charge in [0.05, 0.1) is 5.71 Å². The first-order valence-electron chi connectivity index (χ1n) is 3.01. The summed E-state index contributed by atoms with van der Waals surface area (Å²) in [6, 6.07) is 0. The molecule has 2 nitrogen and oxygen atoms in total. The highest BCUT2D eigenvalue weighted by atomic mass is 16.1. The van der Waals surface area contributed by atoms with Crippen molar-refractivity contribution in [3.05, 3.63) is 12.2 Å². The molecule has 0 bridgehead atoms. The fourth-order valence-electron chi connectivity index (χ4n) is 0.910. The normalized spacial score (nSPS) is 20.7. The van der Waals surface area contributed by atoms with Gasteiger partial charge in [-0.15, -0.1) is 0 Å². The Balaban J connectivity index is 2.74. The van der Waals surface area contributed by atoms with Gasteiger partial charge in [-0.1, -0.05) is 6.58 Å². The van der Waals surface area contributed by atoms with Crippen LogP contribution in [0.3, 0.4) is 0 Å². The number of nitrogens with one attached hydrogen (secondary N) is 1. The van der Waals surface area contributed by atoms with Gasteiger partial charge in [0.15, 0.2) is 5.78 Å². The van der Waals surface area contributed by atoms with Crippen molar-refractivity contribution in [3.8, 4) is 0 Å². The molecule has 0 heterocycles. The Morgan fingerprint density at radius 2 is 2.11 bits per heavy atom. The third-order valence-electron chi connectivity index (χ3n) is 1.51. The molecule has 0 radical (unpaired) electrons. The molecule has 1 rings (SSSR count). The van der Waals surface area contributed by atoms with Crippen LogP contribution in [0, 0.1) is 5.41 Å². The minimum absolute atomic E-state index is 0.0498. The highest BCUT2D eigenvalue weighted by Crippen LogP contribution is 2.14. The zero-order valence-electron chi connectivity index (χ0n) is 5.24. The molecule has 48 valence electrons. The van der Waals surface area contributed by atoms with E-state index >= 15 is 0 Å². The second-order valence-electron chi connectivity index (χ2n) is 2.26. The lowest BCUT2D eigenvalue weighted by atomic mass is 9.93. The Labute approximate surface area is 54.1 Å². The van der Waals surface area contributed by atoms with Crippen LogP contribution >= 0.6 is 0 Å². The van der Waals surface area contributed by atoms with E-state index in [2.05, 4.69) is 6.58 Å². The monoisotopic (exact) mass is 123 g/mol. The van der Waals surface area contributed by atoms with Gasteiger partial charge in [0.2, 0.25) is 0 Å². The predicted octanol–water partition coefficient (Wildman–Crippen LogP) is 1.32. The molecule has 1 fully saturated rings. The lowest BCUT2D eigenvalue weighted by Crippen LogP contribution is -2.19. The number of rotatable bonds is 0. The van der Waals surface area contributed by atoms with E-state index in [-0.39, 0.29) is 11.5 Å². The van der Waals surface area contributed by atoms with Crippen molar-refractivity contribution in [3.63, 3.8) is 0 Å². The van der Waals surface area contributed by atoms with Gasteiger partial charge in [0.25, 0.3) is 0 Å². The molecule has 2 heteroatoms. The number of carbonyl (C=O) groups excluding carboxylic acids is 1. The first-order chi connectivity index (χ1) is 4.22. The largest absolute Gasteiger partial charge is 0.297 e.